The fourth-order valence-electron chi connectivity index (χ4n) is 3.00. The molecule has 0 unspecified atom stereocenters. The van der Waals surface area contributed by atoms with Crippen molar-refractivity contribution < 1.29 is 4.79 Å². The number of amides is 1. The van der Waals surface area contributed by atoms with E-state index in [1.54, 1.807) is 6.92 Å². The maximum atomic E-state index is 11.7. The SMILES string of the molecule is CC(=O)N1CCc2c(nc(N(C)C)nc2N(C)CCc2cn[nH]c2)C1. The Morgan fingerprint density at radius 2 is 2.12 bits per heavy atom. The molecule has 1 amide bonds. The lowest BCUT2D eigenvalue weighted by Gasteiger charge is -2.31. The molecule has 0 atom stereocenters. The van der Waals surface area contributed by atoms with Gasteiger partial charge in [0.1, 0.15) is 5.82 Å². The third-order valence-electron chi connectivity index (χ3n) is 4.53. The summed E-state index contributed by atoms with van der Waals surface area (Å²) in [5.41, 5.74) is 3.27. The number of aromatic amines is 1. The standard InChI is InChI=1S/C17H25N7O/c1-12(25)24-8-6-14-15(11-24)20-17(22(2)3)21-16(14)23(4)7-5-13-9-18-19-10-13/h9-10H,5-8,11H2,1-4H3,(H,18,19). The van der Waals surface area contributed by atoms with Crippen molar-refractivity contribution in [3.8, 4) is 0 Å². The van der Waals surface area contributed by atoms with Crippen molar-refractivity contribution in [1.29, 1.82) is 0 Å². The molecule has 0 saturated carbocycles. The minimum atomic E-state index is 0.0885. The van der Waals surface area contributed by atoms with Crippen LogP contribution in [0.1, 0.15) is 23.7 Å². The van der Waals surface area contributed by atoms with Gasteiger partial charge in [-0.05, 0) is 18.4 Å². The van der Waals surface area contributed by atoms with Crippen LogP contribution in [0, 0.1) is 0 Å². The molecule has 0 saturated heterocycles. The van der Waals surface area contributed by atoms with E-state index in [1.165, 1.54) is 5.56 Å². The molecular weight excluding hydrogens is 318 g/mol. The quantitative estimate of drug-likeness (QED) is 0.867. The number of carbonyl (C=O) groups excluding carboxylic acids is 1. The van der Waals surface area contributed by atoms with E-state index in [0.717, 1.165) is 43.0 Å². The highest BCUT2D eigenvalue weighted by atomic mass is 16.2. The van der Waals surface area contributed by atoms with Gasteiger partial charge in [0.2, 0.25) is 11.9 Å². The van der Waals surface area contributed by atoms with Crippen LogP contribution >= 0.6 is 0 Å². The van der Waals surface area contributed by atoms with Gasteiger partial charge in [-0.3, -0.25) is 9.89 Å². The fraction of sp³-hybridized carbons (Fsp3) is 0.529. The lowest BCUT2D eigenvalue weighted by Crippen LogP contribution is -2.37. The Kier molecular flexibility index (Phi) is 4.87. The number of H-pyrrole nitrogens is 1. The first-order valence-electron chi connectivity index (χ1n) is 8.47. The molecule has 0 aromatic carbocycles. The second-order valence-corrected chi connectivity index (χ2v) is 6.64. The number of fused-ring (bicyclic) bond motifs is 1. The largest absolute Gasteiger partial charge is 0.359 e. The zero-order valence-electron chi connectivity index (χ0n) is 15.3. The van der Waals surface area contributed by atoms with E-state index in [1.807, 2.05) is 36.3 Å². The van der Waals surface area contributed by atoms with Crippen LogP contribution in [-0.2, 0) is 24.2 Å². The Labute approximate surface area is 147 Å². The van der Waals surface area contributed by atoms with Gasteiger partial charge in [-0.15, -0.1) is 0 Å². The first-order chi connectivity index (χ1) is 12.0. The summed E-state index contributed by atoms with van der Waals surface area (Å²) in [5, 5.41) is 6.84. The Hall–Kier alpha value is -2.64. The average molecular weight is 343 g/mol. The van der Waals surface area contributed by atoms with Crippen LogP contribution in [0.2, 0.25) is 0 Å². The monoisotopic (exact) mass is 343 g/mol. The van der Waals surface area contributed by atoms with Gasteiger partial charge in [0.15, 0.2) is 0 Å². The highest BCUT2D eigenvalue weighted by Crippen LogP contribution is 2.28. The molecule has 0 spiro atoms. The molecule has 1 N–H and O–H groups in total. The molecule has 25 heavy (non-hydrogen) atoms. The van der Waals surface area contributed by atoms with Crippen LogP contribution in [0.5, 0.6) is 0 Å². The first-order valence-corrected chi connectivity index (χ1v) is 8.47. The van der Waals surface area contributed by atoms with Gasteiger partial charge in [0, 0.05) is 52.9 Å². The Morgan fingerprint density at radius 1 is 1.32 bits per heavy atom. The molecule has 0 bridgehead atoms. The van der Waals surface area contributed by atoms with E-state index in [0.29, 0.717) is 12.5 Å². The number of nitrogens with zero attached hydrogens (tertiary/aromatic N) is 6. The van der Waals surface area contributed by atoms with Crippen molar-refractivity contribution in [2.45, 2.75) is 26.3 Å². The van der Waals surface area contributed by atoms with Gasteiger partial charge in [-0.25, -0.2) is 4.98 Å². The van der Waals surface area contributed by atoms with Crippen LogP contribution in [-0.4, -0.2) is 65.2 Å². The number of aromatic nitrogens is 4. The molecule has 134 valence electrons. The number of nitrogens with one attached hydrogen (secondary N) is 1. The van der Waals surface area contributed by atoms with Crippen molar-refractivity contribution in [2.24, 2.45) is 0 Å². The van der Waals surface area contributed by atoms with Crippen molar-refractivity contribution in [2.75, 3.05) is 44.0 Å². The first kappa shape index (κ1) is 17.2. The predicted molar refractivity (Wildman–Crippen MR) is 96.7 cm³/mol. The normalized spacial score (nSPS) is 13.5. The summed E-state index contributed by atoms with van der Waals surface area (Å²) in [6.07, 6.45) is 5.44. The van der Waals surface area contributed by atoms with E-state index in [-0.39, 0.29) is 5.91 Å². The van der Waals surface area contributed by atoms with E-state index in [9.17, 15) is 4.79 Å². The molecule has 0 radical (unpaired) electrons. The molecular formula is C17H25N7O. The predicted octanol–water partition coefficient (Wildman–Crippen LogP) is 0.849. The van der Waals surface area contributed by atoms with Crippen LogP contribution in [0.15, 0.2) is 12.4 Å². The highest BCUT2D eigenvalue weighted by molar-refractivity contribution is 5.73. The molecule has 3 rings (SSSR count). The topological polar surface area (TPSA) is 81.2 Å². The average Bonchev–Trinajstić information content (AvgIpc) is 3.11. The number of carbonyl (C=O) groups is 1. The van der Waals surface area contributed by atoms with Gasteiger partial charge in [-0.2, -0.15) is 10.1 Å². The van der Waals surface area contributed by atoms with Gasteiger partial charge in [-0.1, -0.05) is 0 Å². The van der Waals surface area contributed by atoms with E-state index in [2.05, 4.69) is 27.1 Å². The van der Waals surface area contributed by atoms with E-state index < -0.39 is 0 Å². The van der Waals surface area contributed by atoms with Crippen LogP contribution in [0.3, 0.4) is 0 Å². The summed E-state index contributed by atoms with van der Waals surface area (Å²) in [7, 11) is 5.92. The summed E-state index contributed by atoms with van der Waals surface area (Å²) in [6, 6.07) is 0. The molecule has 2 aromatic heterocycles. The fourth-order valence-corrected chi connectivity index (χ4v) is 3.00. The van der Waals surface area contributed by atoms with Gasteiger partial charge in [0.05, 0.1) is 18.4 Å². The van der Waals surface area contributed by atoms with Crippen molar-refractivity contribution in [1.82, 2.24) is 25.1 Å². The number of hydrogen-bond acceptors (Lipinski definition) is 6. The lowest BCUT2D eigenvalue weighted by molar-refractivity contribution is -0.129. The highest BCUT2D eigenvalue weighted by Gasteiger charge is 2.25. The summed E-state index contributed by atoms with van der Waals surface area (Å²) in [5.74, 6) is 1.72. The zero-order valence-corrected chi connectivity index (χ0v) is 15.3. The minimum Gasteiger partial charge on any atom is -0.359 e. The second kappa shape index (κ2) is 7.08. The van der Waals surface area contributed by atoms with Crippen LogP contribution < -0.4 is 9.80 Å². The minimum absolute atomic E-state index is 0.0885. The Morgan fingerprint density at radius 3 is 2.76 bits per heavy atom. The second-order valence-electron chi connectivity index (χ2n) is 6.64. The van der Waals surface area contributed by atoms with Crippen molar-refractivity contribution in [3.05, 3.63) is 29.2 Å². The Bertz CT molecular complexity index is 742. The summed E-state index contributed by atoms with van der Waals surface area (Å²) < 4.78 is 0. The zero-order chi connectivity index (χ0) is 18.0. The molecule has 1 aliphatic rings. The number of anilines is 2. The van der Waals surface area contributed by atoms with Gasteiger partial charge >= 0.3 is 0 Å². The number of hydrogen-bond donors (Lipinski definition) is 1. The van der Waals surface area contributed by atoms with Crippen molar-refractivity contribution in [3.63, 3.8) is 0 Å². The summed E-state index contributed by atoms with van der Waals surface area (Å²) >= 11 is 0. The van der Waals surface area contributed by atoms with E-state index in [4.69, 9.17) is 4.98 Å². The molecule has 1 aliphatic heterocycles. The molecule has 8 nitrogen and oxygen atoms in total. The molecule has 0 fully saturated rings. The van der Waals surface area contributed by atoms with Crippen molar-refractivity contribution >= 4 is 17.7 Å². The smallest absolute Gasteiger partial charge is 0.227 e. The van der Waals surface area contributed by atoms with Gasteiger partial charge in [0.25, 0.3) is 0 Å². The maximum Gasteiger partial charge on any atom is 0.227 e. The Balaban J connectivity index is 1.88. The molecule has 2 aromatic rings. The summed E-state index contributed by atoms with van der Waals surface area (Å²) in [4.78, 5) is 27.1. The number of rotatable bonds is 5. The maximum absolute atomic E-state index is 11.7. The van der Waals surface area contributed by atoms with E-state index >= 15 is 0 Å². The lowest BCUT2D eigenvalue weighted by atomic mass is 10.0. The third-order valence-corrected chi connectivity index (χ3v) is 4.53. The van der Waals surface area contributed by atoms with Gasteiger partial charge < -0.3 is 14.7 Å². The molecule has 3 heterocycles. The van der Waals surface area contributed by atoms with Crippen LogP contribution in [0.25, 0.3) is 0 Å². The molecule has 0 aliphatic carbocycles. The van der Waals surface area contributed by atoms with Crippen LogP contribution in [0.4, 0.5) is 11.8 Å². The summed E-state index contributed by atoms with van der Waals surface area (Å²) in [6.45, 7) is 3.72. The molecule has 8 heteroatoms. The third kappa shape index (κ3) is 3.72. The number of likely N-dealkylation sites (N-methyl/N-ethyl adjacent to an activating group) is 1.